The maximum absolute atomic E-state index is 11.6. The number of nitrogens with zero attached hydrogens (tertiary/aromatic N) is 1. The molecule has 0 unspecified atom stereocenters. The fourth-order valence-corrected chi connectivity index (χ4v) is 5.24. The zero-order valence-electron chi connectivity index (χ0n) is 19.2. The summed E-state index contributed by atoms with van der Waals surface area (Å²) in [5, 5.41) is 32.3. The summed E-state index contributed by atoms with van der Waals surface area (Å²) in [5.74, 6) is -0.135. The van der Waals surface area contributed by atoms with Gasteiger partial charge in [0.25, 0.3) is 5.69 Å². The van der Waals surface area contributed by atoms with Crippen LogP contribution in [0.3, 0.4) is 0 Å². The second kappa shape index (κ2) is 12.3. The number of ether oxygens (including phenoxy) is 3. The molecule has 0 aliphatic heterocycles. The molecule has 1 aliphatic rings. The lowest BCUT2D eigenvalue weighted by Crippen LogP contribution is -2.65. The molecule has 0 aromatic heterocycles. The molecule has 8 N–H and O–H groups in total. The van der Waals surface area contributed by atoms with Gasteiger partial charge < -0.3 is 53.8 Å². The smallest absolute Gasteiger partial charge is 0.470 e. The maximum Gasteiger partial charge on any atom is 0.470 e. The van der Waals surface area contributed by atoms with Crippen molar-refractivity contribution in [1.82, 2.24) is 0 Å². The van der Waals surface area contributed by atoms with Crippen molar-refractivity contribution >= 4 is 29.2 Å². The van der Waals surface area contributed by atoms with Gasteiger partial charge >= 0.3 is 23.5 Å². The highest BCUT2D eigenvalue weighted by Gasteiger charge is 2.57. The van der Waals surface area contributed by atoms with E-state index in [1.807, 2.05) is 0 Å². The number of methoxy groups -OCH3 is 2. The Bertz CT molecular complexity index is 1140. The number of aliphatic hydroxyl groups excluding tert-OH is 2. The minimum atomic E-state index is -5.64. The molecule has 0 spiro atoms. The van der Waals surface area contributed by atoms with Crippen molar-refractivity contribution in [3.8, 4) is 11.5 Å². The molecule has 23 heteroatoms. The first kappa shape index (κ1) is 32.6. The summed E-state index contributed by atoms with van der Waals surface area (Å²) in [4.78, 5) is 66.2. The number of rotatable bonds is 12. The zero-order chi connectivity index (χ0) is 29.2. The van der Waals surface area contributed by atoms with E-state index < -0.39 is 77.3 Å². The van der Waals surface area contributed by atoms with Crippen molar-refractivity contribution in [2.75, 3.05) is 14.2 Å². The fraction of sp³-hybridized carbons (Fsp3) is 0.600. The second-order valence-corrected chi connectivity index (χ2v) is 11.1. The van der Waals surface area contributed by atoms with Gasteiger partial charge in [-0.15, -0.1) is 0 Å². The Morgan fingerprint density at radius 2 is 1.16 bits per heavy atom. The summed E-state index contributed by atoms with van der Waals surface area (Å²) in [5.41, 5.74) is -0.965. The average molecular weight is 615 g/mol. The van der Waals surface area contributed by atoms with Crippen LogP contribution in [0.25, 0.3) is 0 Å². The predicted molar refractivity (Wildman–Crippen MR) is 118 cm³/mol. The van der Waals surface area contributed by atoms with Crippen LogP contribution in [0.5, 0.6) is 11.5 Å². The number of benzene rings is 1. The highest BCUT2D eigenvalue weighted by molar-refractivity contribution is 7.46. The highest BCUT2D eigenvalue weighted by Crippen LogP contribution is 2.50. The van der Waals surface area contributed by atoms with Crippen molar-refractivity contribution in [2.24, 2.45) is 0 Å². The molecule has 2 rings (SSSR count). The van der Waals surface area contributed by atoms with Gasteiger partial charge in [-0.2, -0.15) is 0 Å². The Kier molecular flexibility index (Phi) is 10.6. The predicted octanol–water partition coefficient (Wildman–Crippen LogP) is -1.33. The maximum atomic E-state index is 11.6. The Labute approximate surface area is 212 Å². The molecule has 0 heterocycles. The van der Waals surface area contributed by atoms with Crippen molar-refractivity contribution in [3.63, 3.8) is 0 Å². The van der Waals surface area contributed by atoms with Crippen molar-refractivity contribution in [2.45, 2.75) is 43.2 Å². The molecule has 1 aliphatic carbocycles. The van der Waals surface area contributed by atoms with Gasteiger partial charge in [-0.25, -0.2) is 13.7 Å². The van der Waals surface area contributed by atoms with E-state index in [0.29, 0.717) is 0 Å². The minimum absolute atomic E-state index is 0.0513. The first-order valence-electron chi connectivity index (χ1n) is 9.87. The molecular weight excluding hydrogens is 591 g/mol. The van der Waals surface area contributed by atoms with Crippen molar-refractivity contribution in [3.05, 3.63) is 27.8 Å². The van der Waals surface area contributed by atoms with Crippen LogP contribution >= 0.6 is 23.5 Å². The molecule has 1 aromatic rings. The SMILES string of the molecule is COc1cc(CO[C@@H]2[C@@H](OP(=O)(O)O)[C@H](OP(=O)(O)O)[C@@H](O)[C@@H](O)[C@H]2OP(=O)(O)O)c([N+](=O)[O-])cc1OC. The molecule has 0 radical (unpaired) electrons. The molecule has 0 saturated heterocycles. The van der Waals surface area contributed by atoms with Crippen LogP contribution < -0.4 is 9.47 Å². The summed E-state index contributed by atoms with van der Waals surface area (Å²) in [6.45, 7) is -0.936. The number of hydrogen-bond donors (Lipinski definition) is 8. The zero-order valence-corrected chi connectivity index (χ0v) is 21.9. The molecule has 1 fully saturated rings. The fourth-order valence-electron chi connectivity index (χ4n) is 3.56. The molecule has 38 heavy (non-hydrogen) atoms. The molecule has 1 saturated carbocycles. The van der Waals surface area contributed by atoms with E-state index in [1.54, 1.807) is 0 Å². The number of nitro benzene ring substituents is 1. The number of phosphoric acid groups is 3. The highest BCUT2D eigenvalue weighted by atomic mass is 31.2. The van der Waals surface area contributed by atoms with Crippen LogP contribution in [-0.4, -0.2) is 95.3 Å². The number of nitro groups is 1. The van der Waals surface area contributed by atoms with Gasteiger partial charge in [-0.05, 0) is 6.07 Å². The van der Waals surface area contributed by atoms with Gasteiger partial charge in [-0.1, -0.05) is 0 Å². The Morgan fingerprint density at radius 1 is 0.763 bits per heavy atom. The Balaban J connectivity index is 2.63. The van der Waals surface area contributed by atoms with Crippen LogP contribution in [0.15, 0.2) is 12.1 Å². The third-order valence-electron chi connectivity index (χ3n) is 4.98. The quantitative estimate of drug-likeness (QED) is 0.0766. The lowest BCUT2D eigenvalue weighted by atomic mass is 9.85. The average Bonchev–Trinajstić information content (AvgIpc) is 2.76. The summed E-state index contributed by atoms with van der Waals surface area (Å²) in [7, 11) is -14.4. The van der Waals surface area contributed by atoms with Crippen molar-refractivity contribution in [1.29, 1.82) is 0 Å². The molecule has 1 aromatic carbocycles. The van der Waals surface area contributed by atoms with Crippen LogP contribution in [0.4, 0.5) is 5.69 Å². The van der Waals surface area contributed by atoms with Gasteiger partial charge in [0.05, 0.1) is 37.4 Å². The first-order valence-corrected chi connectivity index (χ1v) is 14.5. The molecule has 0 amide bonds. The van der Waals surface area contributed by atoms with E-state index in [0.717, 1.165) is 12.1 Å². The molecule has 218 valence electrons. The van der Waals surface area contributed by atoms with Gasteiger partial charge in [0.1, 0.15) is 36.6 Å². The van der Waals surface area contributed by atoms with Crippen LogP contribution in [-0.2, 0) is 38.6 Å². The third-order valence-corrected chi connectivity index (χ3v) is 6.54. The van der Waals surface area contributed by atoms with E-state index in [9.17, 15) is 63.4 Å². The summed E-state index contributed by atoms with van der Waals surface area (Å²) >= 11 is 0. The Morgan fingerprint density at radius 3 is 1.55 bits per heavy atom. The van der Waals surface area contributed by atoms with E-state index in [4.69, 9.17) is 14.2 Å². The first-order chi connectivity index (χ1) is 17.3. The van der Waals surface area contributed by atoms with Crippen LogP contribution in [0.1, 0.15) is 5.56 Å². The van der Waals surface area contributed by atoms with Crippen molar-refractivity contribution < 1.29 is 86.0 Å². The number of aliphatic hydroxyl groups is 2. The monoisotopic (exact) mass is 615 g/mol. The minimum Gasteiger partial charge on any atom is -0.493 e. The summed E-state index contributed by atoms with van der Waals surface area (Å²) in [6, 6.07) is 1.97. The summed E-state index contributed by atoms with van der Waals surface area (Å²) in [6.07, 6.45) is -14.7. The topological polar surface area (TPSA) is 312 Å². The lowest BCUT2D eigenvalue weighted by Gasteiger charge is -2.46. The van der Waals surface area contributed by atoms with Gasteiger partial charge in [0.15, 0.2) is 11.5 Å². The van der Waals surface area contributed by atoms with Crippen LogP contribution in [0, 0.1) is 10.1 Å². The standard InChI is InChI=1S/C15H24NO19P3/c1-30-8-3-6(7(16(19)20)4-9(8)31-2)5-32-14-12(33-36(21,22)23)10(17)11(18)13(34-37(24,25)26)15(14)35-38(27,28)29/h3-4,10-15,17-18H,5H2,1-2H3,(H2,21,22,23)(H2,24,25,26)(H2,27,28,29)/t10-,11+,12-,13-,14+,15+/m1/s1. The molecule has 20 nitrogen and oxygen atoms in total. The van der Waals surface area contributed by atoms with Gasteiger partial charge in [0, 0.05) is 0 Å². The largest absolute Gasteiger partial charge is 0.493 e. The van der Waals surface area contributed by atoms with E-state index in [1.165, 1.54) is 14.2 Å². The Hall–Kier alpha value is -1.57. The summed E-state index contributed by atoms with van der Waals surface area (Å²) < 4.78 is 63.2. The van der Waals surface area contributed by atoms with Gasteiger partial charge in [0.2, 0.25) is 0 Å². The molecule has 0 bridgehead atoms. The molecule has 6 atom stereocenters. The third kappa shape index (κ3) is 8.72. The molecular formula is C15H24NO19P3. The normalized spacial score (nSPS) is 26.7. The second-order valence-electron chi connectivity index (χ2n) is 7.53. The lowest BCUT2D eigenvalue weighted by molar-refractivity contribution is -0.386. The van der Waals surface area contributed by atoms with Crippen LogP contribution in [0.2, 0.25) is 0 Å². The van der Waals surface area contributed by atoms with E-state index in [2.05, 4.69) is 13.6 Å². The van der Waals surface area contributed by atoms with E-state index in [-0.39, 0.29) is 17.1 Å². The number of phosphoric ester groups is 3. The van der Waals surface area contributed by atoms with Gasteiger partial charge in [-0.3, -0.25) is 23.7 Å². The van der Waals surface area contributed by atoms with E-state index >= 15 is 0 Å². The number of hydrogen-bond acceptors (Lipinski definition) is 13.